The van der Waals surface area contributed by atoms with Gasteiger partial charge in [0.15, 0.2) is 0 Å². The number of para-hydroxylation sites is 1. The predicted octanol–water partition coefficient (Wildman–Crippen LogP) is 4.97. The maximum atomic E-state index is 12.5. The molecule has 1 saturated carbocycles. The molecule has 2 amide bonds. The van der Waals surface area contributed by atoms with Crippen molar-refractivity contribution in [1.29, 1.82) is 0 Å². The summed E-state index contributed by atoms with van der Waals surface area (Å²) in [7, 11) is 0. The van der Waals surface area contributed by atoms with Gasteiger partial charge in [-0.25, -0.2) is 4.79 Å². The Morgan fingerprint density at radius 1 is 1.04 bits per heavy atom. The Kier molecular flexibility index (Phi) is 5.40. The van der Waals surface area contributed by atoms with Crippen LogP contribution in [0.15, 0.2) is 60.7 Å². The van der Waals surface area contributed by atoms with Gasteiger partial charge < -0.3 is 15.4 Å². The number of hydrogen-bond donors (Lipinski definition) is 2. The van der Waals surface area contributed by atoms with Crippen LogP contribution in [0.3, 0.4) is 0 Å². The van der Waals surface area contributed by atoms with E-state index in [1.54, 1.807) is 0 Å². The molecule has 2 aliphatic rings. The van der Waals surface area contributed by atoms with Gasteiger partial charge in [-0.15, -0.1) is 0 Å². The average Bonchev–Trinajstić information content (AvgIpc) is 3.07. The molecule has 4 nitrogen and oxygen atoms in total. The van der Waals surface area contributed by atoms with Crippen molar-refractivity contribution < 1.29 is 9.53 Å². The number of benzene rings is 2. The number of carbonyl (C=O) groups excluding carboxylic acids is 1. The largest absolute Gasteiger partial charge is 0.377 e. The zero-order valence-electron chi connectivity index (χ0n) is 16.7. The molecule has 2 aromatic rings. The smallest absolute Gasteiger partial charge is 0.319 e. The van der Waals surface area contributed by atoms with Crippen molar-refractivity contribution in [3.63, 3.8) is 0 Å². The van der Waals surface area contributed by atoms with Crippen molar-refractivity contribution in [3.8, 4) is 0 Å². The SMILES string of the molecule is CC(C)[C@@H]1C[C@@H]2C[C@@H](NC(=O)Nc3ccccc3)C[C@]2(c2ccccc2)CO1. The highest BCUT2D eigenvalue weighted by Crippen LogP contribution is 2.51. The van der Waals surface area contributed by atoms with Crippen LogP contribution in [0.4, 0.5) is 10.5 Å². The van der Waals surface area contributed by atoms with Crippen LogP contribution in [0.5, 0.6) is 0 Å². The number of carbonyl (C=O) groups is 1. The van der Waals surface area contributed by atoms with E-state index in [2.05, 4.69) is 54.8 Å². The third kappa shape index (κ3) is 3.79. The zero-order valence-corrected chi connectivity index (χ0v) is 16.7. The molecule has 4 rings (SSSR count). The molecule has 2 fully saturated rings. The van der Waals surface area contributed by atoms with Crippen LogP contribution in [0.25, 0.3) is 0 Å². The Labute approximate surface area is 167 Å². The summed E-state index contributed by atoms with van der Waals surface area (Å²) in [4.78, 5) is 12.5. The lowest BCUT2D eigenvalue weighted by atomic mass is 9.68. The Bertz CT molecular complexity index is 793. The highest BCUT2D eigenvalue weighted by Gasteiger charge is 2.52. The van der Waals surface area contributed by atoms with E-state index in [1.807, 2.05) is 30.3 Å². The van der Waals surface area contributed by atoms with Crippen molar-refractivity contribution in [2.75, 3.05) is 11.9 Å². The molecular weight excluding hydrogens is 348 g/mol. The van der Waals surface area contributed by atoms with Crippen molar-refractivity contribution in [2.45, 2.75) is 50.7 Å². The lowest BCUT2D eigenvalue weighted by Gasteiger charge is -2.44. The van der Waals surface area contributed by atoms with E-state index >= 15 is 0 Å². The van der Waals surface area contributed by atoms with Gasteiger partial charge >= 0.3 is 6.03 Å². The van der Waals surface area contributed by atoms with Gasteiger partial charge in [0, 0.05) is 17.1 Å². The molecule has 1 saturated heterocycles. The van der Waals surface area contributed by atoms with Crippen LogP contribution < -0.4 is 10.6 Å². The minimum absolute atomic E-state index is 0.00264. The molecule has 28 heavy (non-hydrogen) atoms. The van der Waals surface area contributed by atoms with Crippen LogP contribution in [-0.2, 0) is 10.2 Å². The Morgan fingerprint density at radius 2 is 1.71 bits per heavy atom. The number of ether oxygens (including phenoxy) is 1. The quantitative estimate of drug-likeness (QED) is 0.789. The average molecular weight is 379 g/mol. The van der Waals surface area contributed by atoms with Gasteiger partial charge in [0.05, 0.1) is 12.7 Å². The van der Waals surface area contributed by atoms with Crippen molar-refractivity contribution in [3.05, 3.63) is 66.2 Å². The van der Waals surface area contributed by atoms with Crippen LogP contribution in [0.1, 0.15) is 38.7 Å². The lowest BCUT2D eigenvalue weighted by Crippen LogP contribution is -2.45. The molecule has 1 aliphatic carbocycles. The van der Waals surface area contributed by atoms with Gasteiger partial charge in [0.25, 0.3) is 0 Å². The normalized spacial score (nSPS) is 29.3. The zero-order chi connectivity index (χ0) is 19.6. The number of hydrogen-bond acceptors (Lipinski definition) is 2. The summed E-state index contributed by atoms with van der Waals surface area (Å²) in [5.41, 5.74) is 2.16. The van der Waals surface area contributed by atoms with E-state index in [1.165, 1.54) is 5.56 Å². The number of fused-ring (bicyclic) bond motifs is 1. The first kappa shape index (κ1) is 19.0. The molecule has 148 valence electrons. The number of amides is 2. The molecule has 0 spiro atoms. The maximum Gasteiger partial charge on any atom is 0.319 e. The van der Waals surface area contributed by atoms with Gasteiger partial charge in [0.2, 0.25) is 0 Å². The highest BCUT2D eigenvalue weighted by molar-refractivity contribution is 5.89. The van der Waals surface area contributed by atoms with E-state index in [0.29, 0.717) is 17.9 Å². The topological polar surface area (TPSA) is 50.4 Å². The summed E-state index contributed by atoms with van der Waals surface area (Å²) in [6.45, 7) is 5.21. The van der Waals surface area contributed by atoms with Crippen molar-refractivity contribution in [2.24, 2.45) is 11.8 Å². The summed E-state index contributed by atoms with van der Waals surface area (Å²) in [5.74, 6) is 1.04. The van der Waals surface area contributed by atoms with Gasteiger partial charge in [-0.1, -0.05) is 62.4 Å². The minimum atomic E-state index is -0.126. The Balaban J connectivity index is 1.50. The molecule has 0 bridgehead atoms. The predicted molar refractivity (Wildman–Crippen MR) is 112 cm³/mol. The fourth-order valence-electron chi connectivity index (χ4n) is 5.02. The maximum absolute atomic E-state index is 12.5. The third-order valence-electron chi connectivity index (χ3n) is 6.49. The van der Waals surface area contributed by atoms with E-state index in [4.69, 9.17) is 4.74 Å². The molecule has 0 radical (unpaired) electrons. The number of rotatable bonds is 4. The standard InChI is InChI=1S/C24H30N2O2/c1-17(2)22-14-19-13-21(26-23(27)25-20-11-7-4-8-12-20)15-24(19,16-28-22)18-9-5-3-6-10-18/h3-12,17,19,21-22H,13-16H2,1-2H3,(H2,25,26,27)/t19-,21+,22-,24+/m0/s1. The second-order valence-corrected chi connectivity index (χ2v) is 8.65. The molecule has 0 unspecified atom stereocenters. The van der Waals surface area contributed by atoms with E-state index in [0.717, 1.165) is 31.6 Å². The molecule has 1 heterocycles. The van der Waals surface area contributed by atoms with Gasteiger partial charge in [-0.05, 0) is 48.8 Å². The lowest BCUT2D eigenvalue weighted by molar-refractivity contribution is -0.0733. The van der Waals surface area contributed by atoms with Crippen LogP contribution in [-0.4, -0.2) is 24.8 Å². The van der Waals surface area contributed by atoms with Gasteiger partial charge in [-0.2, -0.15) is 0 Å². The van der Waals surface area contributed by atoms with Gasteiger partial charge in [0.1, 0.15) is 0 Å². The first-order valence-corrected chi connectivity index (χ1v) is 10.4. The fraction of sp³-hybridized carbons (Fsp3) is 0.458. The molecule has 4 heteroatoms. The monoisotopic (exact) mass is 378 g/mol. The van der Waals surface area contributed by atoms with Crippen LogP contribution in [0, 0.1) is 11.8 Å². The molecule has 1 aliphatic heterocycles. The van der Waals surface area contributed by atoms with Gasteiger partial charge in [-0.3, -0.25) is 0 Å². The number of anilines is 1. The Hall–Kier alpha value is -2.33. The second-order valence-electron chi connectivity index (χ2n) is 8.65. The first-order valence-electron chi connectivity index (χ1n) is 10.4. The molecule has 2 N–H and O–H groups in total. The van der Waals surface area contributed by atoms with Crippen LogP contribution in [0.2, 0.25) is 0 Å². The van der Waals surface area contributed by atoms with E-state index in [9.17, 15) is 4.79 Å². The first-order chi connectivity index (χ1) is 13.6. The molecule has 4 atom stereocenters. The summed E-state index contributed by atoms with van der Waals surface area (Å²) in [6.07, 6.45) is 3.29. The molecule has 0 aromatic heterocycles. The summed E-state index contributed by atoms with van der Waals surface area (Å²) < 4.78 is 6.33. The number of urea groups is 1. The fourth-order valence-corrected chi connectivity index (χ4v) is 5.02. The molecule has 2 aromatic carbocycles. The Morgan fingerprint density at radius 3 is 2.39 bits per heavy atom. The van der Waals surface area contributed by atoms with Crippen molar-refractivity contribution >= 4 is 11.7 Å². The van der Waals surface area contributed by atoms with Crippen LogP contribution >= 0.6 is 0 Å². The minimum Gasteiger partial charge on any atom is -0.377 e. The second kappa shape index (κ2) is 7.96. The summed E-state index contributed by atoms with van der Waals surface area (Å²) >= 11 is 0. The number of nitrogens with one attached hydrogen (secondary N) is 2. The van der Waals surface area contributed by atoms with Crippen molar-refractivity contribution in [1.82, 2.24) is 5.32 Å². The summed E-state index contributed by atoms with van der Waals surface area (Å²) in [5, 5.41) is 6.16. The highest BCUT2D eigenvalue weighted by atomic mass is 16.5. The molecular formula is C24H30N2O2. The summed E-state index contributed by atoms with van der Waals surface area (Å²) in [6, 6.07) is 20.4. The third-order valence-corrected chi connectivity index (χ3v) is 6.49. The van der Waals surface area contributed by atoms with E-state index in [-0.39, 0.29) is 17.5 Å². The van der Waals surface area contributed by atoms with E-state index < -0.39 is 0 Å².